The maximum absolute atomic E-state index is 14.5. The Kier molecular flexibility index (Phi) is 10.0. The number of carbonyl (C=O) groups excluding carboxylic acids is 2. The average molecular weight is 513 g/mol. The number of H-pyrrole nitrogens is 1. The summed E-state index contributed by atoms with van der Waals surface area (Å²) in [4.78, 5) is 48.0. The maximum atomic E-state index is 14.5. The monoisotopic (exact) mass is 512 g/mol. The summed E-state index contributed by atoms with van der Waals surface area (Å²) in [6.45, 7) is 13.7. The van der Waals surface area contributed by atoms with Gasteiger partial charge in [-0.05, 0) is 80.6 Å². The lowest BCUT2D eigenvalue weighted by Crippen LogP contribution is -2.40. The molecule has 7 nitrogen and oxygen atoms in total. The summed E-state index contributed by atoms with van der Waals surface area (Å²) in [6, 6.07) is 7.66. The van der Waals surface area contributed by atoms with Crippen molar-refractivity contribution in [2.45, 2.75) is 60.4 Å². The number of pyridine rings is 1. The van der Waals surface area contributed by atoms with Crippen LogP contribution >= 0.6 is 0 Å². The van der Waals surface area contributed by atoms with Crippen molar-refractivity contribution in [2.24, 2.45) is 11.8 Å². The first kappa shape index (κ1) is 28.6. The number of aromatic amines is 1. The van der Waals surface area contributed by atoms with Crippen LogP contribution in [-0.4, -0.2) is 59.3 Å². The average Bonchev–Trinajstić information content (AvgIpc) is 2.79. The Morgan fingerprint density at radius 1 is 0.973 bits per heavy atom. The molecule has 1 N–H and O–H groups in total. The molecule has 1 aliphatic heterocycles. The standard InChI is InChI=1S/C29H41FN4O3/c1-20(2)16-27(35)34-15-7-13-32(18-21(3)4)12-6-14-33(19-23-17-24(30)9-11-26(23)34)29(37)25-10-8-22(5)31-28(25)36/h8-11,17,20-21H,6-7,12-16,18-19H2,1-5H3,(H,31,36). The van der Waals surface area contributed by atoms with Crippen LogP contribution in [0.1, 0.15) is 68.6 Å². The van der Waals surface area contributed by atoms with Gasteiger partial charge in [-0.25, -0.2) is 4.39 Å². The van der Waals surface area contributed by atoms with Gasteiger partial charge in [0.15, 0.2) is 0 Å². The van der Waals surface area contributed by atoms with Crippen molar-refractivity contribution >= 4 is 17.5 Å². The fraction of sp³-hybridized carbons (Fsp3) is 0.552. The van der Waals surface area contributed by atoms with Crippen molar-refractivity contribution in [3.8, 4) is 0 Å². The molecule has 2 aromatic rings. The molecule has 202 valence electrons. The van der Waals surface area contributed by atoms with Crippen LogP contribution in [0.15, 0.2) is 35.1 Å². The van der Waals surface area contributed by atoms with Gasteiger partial charge >= 0.3 is 0 Å². The molecule has 0 aliphatic carbocycles. The number of benzene rings is 1. The van der Waals surface area contributed by atoms with Crippen LogP contribution in [0, 0.1) is 24.6 Å². The first-order valence-electron chi connectivity index (χ1n) is 13.4. The van der Waals surface area contributed by atoms with Gasteiger partial charge in [0.1, 0.15) is 11.4 Å². The zero-order chi connectivity index (χ0) is 27.1. The Morgan fingerprint density at radius 3 is 2.32 bits per heavy atom. The number of aromatic nitrogens is 1. The number of halogens is 1. The highest BCUT2D eigenvalue weighted by Gasteiger charge is 2.25. The lowest BCUT2D eigenvalue weighted by Gasteiger charge is -2.32. The summed E-state index contributed by atoms with van der Waals surface area (Å²) in [5.74, 6) is -0.168. The molecule has 0 atom stereocenters. The van der Waals surface area contributed by atoms with Crippen molar-refractivity contribution in [3.63, 3.8) is 0 Å². The molecular weight excluding hydrogens is 471 g/mol. The van der Waals surface area contributed by atoms with E-state index in [1.165, 1.54) is 12.1 Å². The van der Waals surface area contributed by atoms with Crippen LogP contribution in [0.25, 0.3) is 0 Å². The predicted octanol–water partition coefficient (Wildman–Crippen LogP) is 4.60. The van der Waals surface area contributed by atoms with E-state index in [9.17, 15) is 18.8 Å². The van der Waals surface area contributed by atoms with Gasteiger partial charge in [0.05, 0.1) is 0 Å². The summed E-state index contributed by atoms with van der Waals surface area (Å²) in [5.41, 5.74) is 1.48. The molecule has 0 fully saturated rings. The first-order valence-corrected chi connectivity index (χ1v) is 13.4. The molecular formula is C29H41FN4O3. The van der Waals surface area contributed by atoms with Crippen molar-refractivity contribution in [3.05, 3.63) is 63.3 Å². The zero-order valence-electron chi connectivity index (χ0n) is 22.8. The molecule has 1 aromatic heterocycles. The van der Waals surface area contributed by atoms with E-state index in [1.54, 1.807) is 34.9 Å². The third-order valence-corrected chi connectivity index (χ3v) is 6.53. The predicted molar refractivity (Wildman–Crippen MR) is 145 cm³/mol. The van der Waals surface area contributed by atoms with E-state index in [4.69, 9.17) is 0 Å². The highest BCUT2D eigenvalue weighted by atomic mass is 19.1. The van der Waals surface area contributed by atoms with Crippen LogP contribution in [0.2, 0.25) is 0 Å². The number of amides is 2. The van der Waals surface area contributed by atoms with Gasteiger partial charge in [0.2, 0.25) is 5.91 Å². The molecule has 3 rings (SSSR count). The highest BCUT2D eigenvalue weighted by Crippen LogP contribution is 2.26. The third kappa shape index (κ3) is 7.99. The molecule has 0 saturated carbocycles. The fourth-order valence-corrected chi connectivity index (χ4v) is 4.90. The van der Waals surface area contributed by atoms with Crippen molar-refractivity contribution in [1.29, 1.82) is 0 Å². The van der Waals surface area contributed by atoms with Gasteiger partial charge in [-0.2, -0.15) is 0 Å². The van der Waals surface area contributed by atoms with E-state index >= 15 is 0 Å². The first-order chi connectivity index (χ1) is 17.5. The quantitative estimate of drug-likeness (QED) is 0.636. The minimum atomic E-state index is -0.439. The molecule has 0 saturated heterocycles. The van der Waals surface area contributed by atoms with Gasteiger partial charge in [0.25, 0.3) is 11.5 Å². The van der Waals surface area contributed by atoms with Gasteiger partial charge in [-0.15, -0.1) is 0 Å². The van der Waals surface area contributed by atoms with Gasteiger partial charge < -0.3 is 19.7 Å². The Labute approximate surface area is 219 Å². The fourth-order valence-electron chi connectivity index (χ4n) is 4.90. The molecule has 2 amide bonds. The number of fused-ring (bicyclic) bond motifs is 1. The Balaban J connectivity index is 2.04. The SMILES string of the molecule is Cc1ccc(C(=O)N2CCCN(CC(C)C)CCCN(C(=O)CC(C)C)c3ccc(F)cc3C2)c(=O)[nH]1. The van der Waals surface area contributed by atoms with E-state index in [0.29, 0.717) is 42.4 Å². The van der Waals surface area contributed by atoms with Crippen LogP contribution in [-0.2, 0) is 11.3 Å². The van der Waals surface area contributed by atoms with E-state index in [2.05, 4.69) is 23.7 Å². The number of nitrogens with one attached hydrogen (secondary N) is 1. The Morgan fingerprint density at radius 2 is 1.68 bits per heavy atom. The van der Waals surface area contributed by atoms with Gasteiger partial charge in [-0.1, -0.05) is 27.7 Å². The minimum Gasteiger partial charge on any atom is -0.334 e. The summed E-state index contributed by atoms with van der Waals surface area (Å²) in [5, 5.41) is 0. The lowest BCUT2D eigenvalue weighted by atomic mass is 10.1. The summed E-state index contributed by atoms with van der Waals surface area (Å²) in [7, 11) is 0. The molecule has 0 radical (unpaired) electrons. The minimum absolute atomic E-state index is 0.0109. The molecule has 37 heavy (non-hydrogen) atoms. The number of hydrogen-bond acceptors (Lipinski definition) is 4. The molecule has 8 heteroatoms. The van der Waals surface area contributed by atoms with Gasteiger partial charge in [-0.3, -0.25) is 14.4 Å². The van der Waals surface area contributed by atoms with Crippen molar-refractivity contribution < 1.29 is 14.0 Å². The molecule has 2 heterocycles. The normalized spacial score (nSPS) is 15.9. The number of rotatable bonds is 5. The number of nitrogens with zero attached hydrogens (tertiary/aromatic N) is 3. The molecule has 0 spiro atoms. The van der Waals surface area contributed by atoms with Crippen molar-refractivity contribution in [1.82, 2.24) is 14.8 Å². The molecule has 0 unspecified atom stereocenters. The van der Waals surface area contributed by atoms with E-state index in [1.807, 2.05) is 13.8 Å². The second kappa shape index (κ2) is 13.0. The second-order valence-electron chi connectivity index (χ2n) is 10.9. The van der Waals surface area contributed by atoms with Crippen LogP contribution in [0.4, 0.5) is 10.1 Å². The summed E-state index contributed by atoms with van der Waals surface area (Å²) >= 11 is 0. The summed E-state index contributed by atoms with van der Waals surface area (Å²) < 4.78 is 14.5. The molecule has 1 aromatic carbocycles. The lowest BCUT2D eigenvalue weighted by molar-refractivity contribution is -0.119. The van der Waals surface area contributed by atoms with E-state index in [0.717, 1.165) is 32.5 Å². The van der Waals surface area contributed by atoms with Gasteiger partial charge in [0, 0.05) is 44.0 Å². The second-order valence-corrected chi connectivity index (χ2v) is 10.9. The number of hydrogen-bond donors (Lipinski definition) is 1. The maximum Gasteiger partial charge on any atom is 0.260 e. The van der Waals surface area contributed by atoms with Crippen molar-refractivity contribution in [2.75, 3.05) is 37.6 Å². The summed E-state index contributed by atoms with van der Waals surface area (Å²) in [6.07, 6.45) is 1.91. The number of aryl methyl sites for hydroxylation is 1. The zero-order valence-corrected chi connectivity index (χ0v) is 22.8. The Bertz CT molecular complexity index is 1140. The topological polar surface area (TPSA) is 76.7 Å². The Hall–Kier alpha value is -3.00. The molecule has 0 bridgehead atoms. The van der Waals surface area contributed by atoms with E-state index in [-0.39, 0.29) is 23.9 Å². The van der Waals surface area contributed by atoms with Crippen LogP contribution in [0.5, 0.6) is 0 Å². The smallest absolute Gasteiger partial charge is 0.260 e. The largest absolute Gasteiger partial charge is 0.334 e. The highest BCUT2D eigenvalue weighted by molar-refractivity contribution is 5.95. The third-order valence-electron chi connectivity index (χ3n) is 6.53. The molecule has 1 aliphatic rings. The number of carbonyl (C=O) groups is 2. The van der Waals surface area contributed by atoms with Crippen LogP contribution < -0.4 is 10.5 Å². The number of anilines is 1. The van der Waals surface area contributed by atoms with Crippen LogP contribution in [0.3, 0.4) is 0 Å². The van der Waals surface area contributed by atoms with E-state index < -0.39 is 17.3 Å².